The van der Waals surface area contributed by atoms with Gasteiger partial charge in [0.15, 0.2) is 0 Å². The molecule has 1 aliphatic heterocycles. The van der Waals surface area contributed by atoms with Gasteiger partial charge in [-0.15, -0.1) is 12.4 Å². The molecule has 0 aliphatic carbocycles. The van der Waals surface area contributed by atoms with Crippen molar-refractivity contribution in [2.45, 2.75) is 12.5 Å². The molecule has 9 heteroatoms. The molecule has 0 saturated carbocycles. The van der Waals surface area contributed by atoms with Crippen molar-refractivity contribution >= 4 is 24.2 Å². The summed E-state index contributed by atoms with van der Waals surface area (Å²) in [6.45, 7) is 2.21. The maximum Gasteiger partial charge on any atom is 0.251 e. The van der Waals surface area contributed by atoms with E-state index >= 15 is 0 Å². The van der Waals surface area contributed by atoms with Gasteiger partial charge in [-0.3, -0.25) is 9.59 Å². The Morgan fingerprint density at radius 2 is 2.07 bits per heavy atom. The number of imidazole rings is 1. The zero-order valence-electron chi connectivity index (χ0n) is 15.0. The summed E-state index contributed by atoms with van der Waals surface area (Å²) in [5.41, 5.74) is 0.368. The van der Waals surface area contributed by atoms with Gasteiger partial charge in [0.2, 0.25) is 5.91 Å². The minimum atomic E-state index is -0.393. The Hall–Kier alpha value is -2.45. The van der Waals surface area contributed by atoms with Crippen molar-refractivity contribution < 1.29 is 14.0 Å². The Morgan fingerprint density at radius 1 is 1.33 bits per heavy atom. The van der Waals surface area contributed by atoms with Crippen molar-refractivity contribution in [1.82, 2.24) is 25.1 Å². The Labute approximate surface area is 163 Å². The summed E-state index contributed by atoms with van der Waals surface area (Å²) in [6.07, 6.45) is 3.78. The average Bonchev–Trinajstić information content (AvgIpc) is 3.08. The highest BCUT2D eigenvalue weighted by Gasteiger charge is 2.30. The van der Waals surface area contributed by atoms with Crippen LogP contribution in [0.1, 0.15) is 28.6 Å². The van der Waals surface area contributed by atoms with Crippen LogP contribution in [0.25, 0.3) is 0 Å². The molecule has 2 N–H and O–H groups in total. The third-order valence-electron chi connectivity index (χ3n) is 4.45. The van der Waals surface area contributed by atoms with Crippen molar-refractivity contribution in [3.63, 3.8) is 0 Å². The first kappa shape index (κ1) is 20.9. The van der Waals surface area contributed by atoms with E-state index in [2.05, 4.69) is 15.6 Å². The molecule has 1 atom stereocenters. The van der Waals surface area contributed by atoms with Crippen LogP contribution in [0.15, 0.2) is 36.7 Å². The Balaban J connectivity index is 0.00000261. The van der Waals surface area contributed by atoms with Gasteiger partial charge in [0.25, 0.3) is 5.91 Å². The topological polar surface area (TPSA) is 79.3 Å². The van der Waals surface area contributed by atoms with Gasteiger partial charge in [-0.1, -0.05) is 0 Å². The smallest absolute Gasteiger partial charge is 0.251 e. The molecular weight excluding hydrogens is 373 g/mol. The molecule has 1 aliphatic rings. The van der Waals surface area contributed by atoms with Gasteiger partial charge in [-0.25, -0.2) is 9.37 Å². The molecular formula is C18H23ClFN5O2. The molecule has 3 rings (SSSR count). The fraction of sp³-hybridized carbons (Fsp3) is 0.389. The molecule has 146 valence electrons. The van der Waals surface area contributed by atoms with Gasteiger partial charge >= 0.3 is 0 Å². The van der Waals surface area contributed by atoms with Crippen LogP contribution in [0.4, 0.5) is 4.39 Å². The van der Waals surface area contributed by atoms with Crippen LogP contribution in [0.3, 0.4) is 0 Å². The van der Waals surface area contributed by atoms with Crippen LogP contribution in [0.5, 0.6) is 0 Å². The number of hydrogen-bond donors (Lipinski definition) is 2. The lowest BCUT2D eigenvalue weighted by Crippen LogP contribution is -2.50. The van der Waals surface area contributed by atoms with Crippen molar-refractivity contribution in [3.8, 4) is 0 Å². The first-order valence-electron chi connectivity index (χ1n) is 8.57. The maximum absolute atomic E-state index is 12.9. The predicted octanol–water partition coefficient (Wildman–Crippen LogP) is 1.27. The Kier molecular flexibility index (Phi) is 7.32. The van der Waals surface area contributed by atoms with E-state index in [9.17, 15) is 14.0 Å². The van der Waals surface area contributed by atoms with Crippen LogP contribution in [-0.2, 0) is 11.8 Å². The van der Waals surface area contributed by atoms with E-state index in [0.29, 0.717) is 18.7 Å². The second kappa shape index (κ2) is 9.48. The number of hydrogen-bond acceptors (Lipinski definition) is 4. The van der Waals surface area contributed by atoms with E-state index in [1.54, 1.807) is 6.20 Å². The number of aryl methyl sites for hydroxylation is 1. The highest BCUT2D eigenvalue weighted by molar-refractivity contribution is 5.94. The molecule has 1 saturated heterocycles. The summed E-state index contributed by atoms with van der Waals surface area (Å²) in [5.74, 6) is 0.0920. The number of carbonyl (C=O) groups is 2. The number of amides is 2. The fourth-order valence-electron chi connectivity index (χ4n) is 3.06. The molecule has 1 aromatic carbocycles. The number of nitrogens with zero attached hydrogens (tertiary/aromatic N) is 3. The molecule has 2 aromatic rings. The van der Waals surface area contributed by atoms with Crippen LogP contribution in [0, 0.1) is 5.82 Å². The number of benzene rings is 1. The number of piperazine rings is 1. The number of halogens is 2. The SMILES string of the molecule is Cl.Cn1ccnc1C1CNCCN1C(=O)CCNC(=O)c1ccc(F)cc1. The van der Waals surface area contributed by atoms with Gasteiger partial charge < -0.3 is 20.1 Å². The zero-order chi connectivity index (χ0) is 18.5. The van der Waals surface area contributed by atoms with Gasteiger partial charge in [0.1, 0.15) is 17.7 Å². The molecule has 1 fully saturated rings. The van der Waals surface area contributed by atoms with Crippen LogP contribution in [-0.4, -0.2) is 52.4 Å². The number of rotatable bonds is 5. The minimum Gasteiger partial charge on any atom is -0.352 e. The van der Waals surface area contributed by atoms with E-state index in [4.69, 9.17) is 0 Å². The summed E-state index contributed by atoms with van der Waals surface area (Å²) < 4.78 is 14.8. The lowest BCUT2D eigenvalue weighted by atomic mass is 10.1. The zero-order valence-corrected chi connectivity index (χ0v) is 15.8. The molecule has 0 radical (unpaired) electrons. The number of carbonyl (C=O) groups excluding carboxylic acids is 2. The molecule has 7 nitrogen and oxygen atoms in total. The third-order valence-corrected chi connectivity index (χ3v) is 4.45. The standard InChI is InChI=1S/C18H22FN5O2.ClH/c1-23-10-9-21-17(23)15-12-20-8-11-24(15)16(25)6-7-22-18(26)13-2-4-14(19)5-3-13;/h2-5,9-10,15,20H,6-8,11-12H2,1H3,(H,22,26);1H. The Bertz CT molecular complexity index is 780. The van der Waals surface area contributed by atoms with Gasteiger partial charge in [0.05, 0.1) is 0 Å². The first-order valence-corrected chi connectivity index (χ1v) is 8.57. The Morgan fingerprint density at radius 3 is 2.74 bits per heavy atom. The van der Waals surface area contributed by atoms with E-state index in [0.717, 1.165) is 12.4 Å². The maximum atomic E-state index is 12.9. The van der Waals surface area contributed by atoms with Crippen molar-refractivity contribution in [2.24, 2.45) is 7.05 Å². The molecule has 2 heterocycles. The van der Waals surface area contributed by atoms with E-state index in [1.165, 1.54) is 24.3 Å². The highest BCUT2D eigenvalue weighted by atomic mass is 35.5. The van der Waals surface area contributed by atoms with Gasteiger partial charge in [0, 0.05) is 57.6 Å². The lowest BCUT2D eigenvalue weighted by Gasteiger charge is -2.35. The predicted molar refractivity (Wildman–Crippen MR) is 101 cm³/mol. The summed E-state index contributed by atoms with van der Waals surface area (Å²) >= 11 is 0. The number of nitrogens with one attached hydrogen (secondary N) is 2. The summed E-state index contributed by atoms with van der Waals surface area (Å²) in [6, 6.07) is 5.18. The van der Waals surface area contributed by atoms with E-state index in [1.807, 2.05) is 22.7 Å². The van der Waals surface area contributed by atoms with Crippen LogP contribution in [0.2, 0.25) is 0 Å². The van der Waals surface area contributed by atoms with E-state index in [-0.39, 0.29) is 43.2 Å². The quantitative estimate of drug-likeness (QED) is 0.799. The molecule has 1 aromatic heterocycles. The largest absolute Gasteiger partial charge is 0.352 e. The average molecular weight is 396 g/mol. The normalized spacial score (nSPS) is 16.5. The second-order valence-corrected chi connectivity index (χ2v) is 6.22. The third kappa shape index (κ3) is 5.05. The number of aromatic nitrogens is 2. The fourth-order valence-corrected chi connectivity index (χ4v) is 3.06. The van der Waals surface area contributed by atoms with Crippen LogP contribution >= 0.6 is 12.4 Å². The molecule has 0 spiro atoms. The highest BCUT2D eigenvalue weighted by Crippen LogP contribution is 2.21. The lowest BCUT2D eigenvalue weighted by molar-refractivity contribution is -0.134. The monoisotopic (exact) mass is 395 g/mol. The molecule has 27 heavy (non-hydrogen) atoms. The second-order valence-electron chi connectivity index (χ2n) is 6.22. The molecule has 2 amide bonds. The summed E-state index contributed by atoms with van der Waals surface area (Å²) in [7, 11) is 1.91. The summed E-state index contributed by atoms with van der Waals surface area (Å²) in [5, 5.41) is 5.99. The van der Waals surface area contributed by atoms with Crippen molar-refractivity contribution in [3.05, 3.63) is 53.9 Å². The first-order chi connectivity index (χ1) is 12.6. The molecule has 0 bridgehead atoms. The van der Waals surface area contributed by atoms with E-state index < -0.39 is 5.82 Å². The van der Waals surface area contributed by atoms with Gasteiger partial charge in [-0.2, -0.15) is 0 Å². The van der Waals surface area contributed by atoms with Crippen molar-refractivity contribution in [2.75, 3.05) is 26.2 Å². The van der Waals surface area contributed by atoms with Crippen molar-refractivity contribution in [1.29, 1.82) is 0 Å². The van der Waals surface area contributed by atoms with Gasteiger partial charge in [-0.05, 0) is 24.3 Å². The molecule has 1 unspecified atom stereocenters. The minimum absolute atomic E-state index is 0. The van der Waals surface area contributed by atoms with Crippen LogP contribution < -0.4 is 10.6 Å². The summed E-state index contributed by atoms with van der Waals surface area (Å²) in [4.78, 5) is 30.8.